The van der Waals surface area contributed by atoms with Crippen molar-refractivity contribution in [2.45, 2.75) is 45.4 Å². The average Bonchev–Trinajstić information content (AvgIpc) is 2.87. The molecule has 2 fully saturated rings. The average molecular weight is 212 g/mol. The molecule has 2 rings (SSSR count). The normalized spacial score (nSPS) is 38.0. The van der Waals surface area contributed by atoms with Crippen molar-refractivity contribution in [2.75, 3.05) is 19.8 Å². The first-order valence-corrected chi connectivity index (χ1v) is 6.48. The maximum Gasteiger partial charge on any atom is 0.0488 e. The second kappa shape index (κ2) is 4.84. The summed E-state index contributed by atoms with van der Waals surface area (Å²) in [4.78, 5) is 0. The Morgan fingerprint density at radius 3 is 2.60 bits per heavy atom. The third-order valence-electron chi connectivity index (χ3n) is 4.21. The molecule has 0 saturated heterocycles. The fourth-order valence-electron chi connectivity index (χ4n) is 3.06. The molecule has 0 radical (unpaired) electrons. The van der Waals surface area contributed by atoms with E-state index >= 15 is 0 Å². The molecule has 2 aliphatic carbocycles. The third-order valence-corrected chi connectivity index (χ3v) is 4.21. The Labute approximate surface area is 93.0 Å². The van der Waals surface area contributed by atoms with Gasteiger partial charge in [-0.25, -0.2) is 0 Å². The molecule has 0 aliphatic heterocycles. The fourth-order valence-corrected chi connectivity index (χ4v) is 3.06. The van der Waals surface area contributed by atoms with Gasteiger partial charge in [-0.1, -0.05) is 13.3 Å². The Bertz CT molecular complexity index is 193. The molecule has 15 heavy (non-hydrogen) atoms. The van der Waals surface area contributed by atoms with E-state index in [0.717, 1.165) is 37.9 Å². The molecule has 2 aliphatic rings. The maximum atomic E-state index is 9.50. The van der Waals surface area contributed by atoms with Crippen LogP contribution in [0, 0.1) is 17.3 Å². The van der Waals surface area contributed by atoms with E-state index in [1.807, 2.05) is 0 Å². The van der Waals surface area contributed by atoms with Gasteiger partial charge in [0.25, 0.3) is 0 Å². The predicted octanol–water partition coefficient (Wildman–Crippen LogP) is 2.60. The molecule has 0 aromatic carbocycles. The van der Waals surface area contributed by atoms with Gasteiger partial charge in [0.05, 0.1) is 0 Å². The SMILES string of the molecule is CCCCOCCC1(CO)CC2CC2C1. The zero-order chi connectivity index (χ0) is 10.7. The molecule has 0 aromatic rings. The zero-order valence-electron chi connectivity index (χ0n) is 9.87. The van der Waals surface area contributed by atoms with Gasteiger partial charge < -0.3 is 9.84 Å². The second-order valence-corrected chi connectivity index (χ2v) is 5.54. The molecule has 2 nitrogen and oxygen atoms in total. The van der Waals surface area contributed by atoms with Gasteiger partial charge in [-0.15, -0.1) is 0 Å². The highest BCUT2D eigenvalue weighted by Gasteiger charge is 2.52. The van der Waals surface area contributed by atoms with Crippen LogP contribution in [-0.2, 0) is 4.74 Å². The van der Waals surface area contributed by atoms with Gasteiger partial charge in [-0.2, -0.15) is 0 Å². The predicted molar refractivity (Wildman–Crippen MR) is 60.7 cm³/mol. The number of aliphatic hydroxyl groups is 1. The van der Waals surface area contributed by atoms with Gasteiger partial charge in [0.2, 0.25) is 0 Å². The van der Waals surface area contributed by atoms with Crippen LogP contribution in [0.5, 0.6) is 0 Å². The largest absolute Gasteiger partial charge is 0.396 e. The van der Waals surface area contributed by atoms with Gasteiger partial charge in [-0.05, 0) is 49.4 Å². The summed E-state index contributed by atoms with van der Waals surface area (Å²) in [6.45, 7) is 4.30. The van der Waals surface area contributed by atoms with Crippen molar-refractivity contribution >= 4 is 0 Å². The molecular weight excluding hydrogens is 188 g/mol. The van der Waals surface area contributed by atoms with Gasteiger partial charge in [0, 0.05) is 19.8 Å². The summed E-state index contributed by atoms with van der Waals surface area (Å²) in [7, 11) is 0. The van der Waals surface area contributed by atoms with Crippen LogP contribution in [0.15, 0.2) is 0 Å². The number of hydrogen-bond acceptors (Lipinski definition) is 2. The van der Waals surface area contributed by atoms with E-state index in [9.17, 15) is 5.11 Å². The summed E-state index contributed by atoms with van der Waals surface area (Å²) in [6.07, 6.45) is 7.38. The Kier molecular flexibility index (Phi) is 3.68. The van der Waals surface area contributed by atoms with Crippen molar-refractivity contribution in [3.63, 3.8) is 0 Å². The third kappa shape index (κ3) is 2.73. The van der Waals surface area contributed by atoms with Gasteiger partial charge in [0.1, 0.15) is 0 Å². The summed E-state index contributed by atoms with van der Waals surface area (Å²) in [5.41, 5.74) is 0.236. The van der Waals surface area contributed by atoms with Crippen molar-refractivity contribution in [1.82, 2.24) is 0 Å². The Morgan fingerprint density at radius 1 is 1.27 bits per heavy atom. The van der Waals surface area contributed by atoms with Gasteiger partial charge in [-0.3, -0.25) is 0 Å². The lowest BCUT2D eigenvalue weighted by Crippen LogP contribution is -2.25. The monoisotopic (exact) mass is 212 g/mol. The lowest BCUT2D eigenvalue weighted by molar-refractivity contribution is 0.0518. The van der Waals surface area contributed by atoms with Crippen molar-refractivity contribution in [3.05, 3.63) is 0 Å². The lowest BCUT2D eigenvalue weighted by atomic mass is 9.81. The van der Waals surface area contributed by atoms with Crippen LogP contribution < -0.4 is 0 Å². The number of unbranched alkanes of at least 4 members (excludes halogenated alkanes) is 1. The standard InChI is InChI=1S/C13H24O2/c1-2-3-5-15-6-4-13(10-14)8-11-7-12(11)9-13/h11-12,14H,2-10H2,1H3. The van der Waals surface area contributed by atoms with Crippen LogP contribution in [0.2, 0.25) is 0 Å². The summed E-state index contributed by atoms with van der Waals surface area (Å²) >= 11 is 0. The quantitative estimate of drug-likeness (QED) is 0.657. The van der Waals surface area contributed by atoms with Crippen molar-refractivity contribution in [2.24, 2.45) is 17.3 Å². The molecule has 0 bridgehead atoms. The zero-order valence-corrected chi connectivity index (χ0v) is 9.87. The minimum Gasteiger partial charge on any atom is -0.396 e. The lowest BCUT2D eigenvalue weighted by Gasteiger charge is -2.28. The van der Waals surface area contributed by atoms with Crippen LogP contribution in [0.1, 0.15) is 45.4 Å². The van der Waals surface area contributed by atoms with E-state index in [-0.39, 0.29) is 5.41 Å². The summed E-state index contributed by atoms with van der Waals surface area (Å²) in [6, 6.07) is 0. The van der Waals surface area contributed by atoms with Crippen molar-refractivity contribution in [1.29, 1.82) is 0 Å². The van der Waals surface area contributed by atoms with E-state index in [4.69, 9.17) is 4.74 Å². The Morgan fingerprint density at radius 2 is 2.00 bits per heavy atom. The van der Waals surface area contributed by atoms with Crippen molar-refractivity contribution < 1.29 is 9.84 Å². The minimum absolute atomic E-state index is 0.236. The summed E-state index contributed by atoms with van der Waals surface area (Å²) in [5, 5.41) is 9.50. The second-order valence-electron chi connectivity index (χ2n) is 5.54. The first-order valence-electron chi connectivity index (χ1n) is 6.48. The van der Waals surface area contributed by atoms with Crippen molar-refractivity contribution in [3.8, 4) is 0 Å². The molecule has 0 heterocycles. The summed E-state index contributed by atoms with van der Waals surface area (Å²) in [5.74, 6) is 1.90. The highest BCUT2D eigenvalue weighted by molar-refractivity contribution is 5.02. The maximum absolute atomic E-state index is 9.50. The van der Waals surface area contributed by atoms with Crippen LogP contribution in [0.4, 0.5) is 0 Å². The first kappa shape index (κ1) is 11.4. The van der Waals surface area contributed by atoms with E-state index in [1.54, 1.807) is 0 Å². The Balaban J connectivity index is 1.63. The molecule has 0 spiro atoms. The van der Waals surface area contributed by atoms with Crippen LogP contribution in [0.3, 0.4) is 0 Å². The Hall–Kier alpha value is -0.0800. The van der Waals surface area contributed by atoms with E-state index in [0.29, 0.717) is 6.61 Å². The molecule has 0 amide bonds. The highest BCUT2D eigenvalue weighted by atomic mass is 16.5. The van der Waals surface area contributed by atoms with E-state index < -0.39 is 0 Å². The molecule has 2 atom stereocenters. The van der Waals surface area contributed by atoms with Crippen LogP contribution in [-0.4, -0.2) is 24.9 Å². The van der Waals surface area contributed by atoms with Gasteiger partial charge >= 0.3 is 0 Å². The topological polar surface area (TPSA) is 29.5 Å². The number of rotatable bonds is 7. The molecule has 0 aromatic heterocycles. The van der Waals surface area contributed by atoms with Crippen LogP contribution in [0.25, 0.3) is 0 Å². The van der Waals surface area contributed by atoms with E-state index in [2.05, 4.69) is 6.92 Å². The minimum atomic E-state index is 0.236. The molecule has 88 valence electrons. The van der Waals surface area contributed by atoms with Gasteiger partial charge in [0.15, 0.2) is 0 Å². The summed E-state index contributed by atoms with van der Waals surface area (Å²) < 4.78 is 5.60. The molecule has 2 heteroatoms. The number of aliphatic hydroxyl groups excluding tert-OH is 1. The molecule has 2 unspecified atom stereocenters. The fraction of sp³-hybridized carbons (Fsp3) is 1.00. The van der Waals surface area contributed by atoms with E-state index in [1.165, 1.54) is 25.7 Å². The molecular formula is C13H24O2. The molecule has 1 N–H and O–H groups in total. The number of ether oxygens (including phenoxy) is 1. The van der Waals surface area contributed by atoms with Crippen LogP contribution >= 0.6 is 0 Å². The highest BCUT2D eigenvalue weighted by Crippen LogP contribution is 2.60. The smallest absolute Gasteiger partial charge is 0.0488 e. The first-order chi connectivity index (χ1) is 7.29. The number of fused-ring (bicyclic) bond motifs is 1. The number of hydrogen-bond donors (Lipinski definition) is 1. The molecule has 2 saturated carbocycles.